The Labute approximate surface area is 138 Å². The van der Waals surface area contributed by atoms with Crippen molar-refractivity contribution < 1.29 is 9.59 Å². The van der Waals surface area contributed by atoms with Crippen molar-refractivity contribution in [2.45, 2.75) is 26.3 Å². The first kappa shape index (κ1) is 16.5. The van der Waals surface area contributed by atoms with E-state index in [1.165, 1.54) is 42.9 Å². The van der Waals surface area contributed by atoms with Gasteiger partial charge in [-0.3, -0.25) is 9.59 Å². The Hall–Kier alpha value is -0.920. The molecular formula is C14H18N2O2S3. The van der Waals surface area contributed by atoms with Crippen molar-refractivity contribution in [3.63, 3.8) is 0 Å². The van der Waals surface area contributed by atoms with Gasteiger partial charge in [0, 0.05) is 24.9 Å². The van der Waals surface area contributed by atoms with Crippen LogP contribution in [0.4, 0.5) is 0 Å². The van der Waals surface area contributed by atoms with Gasteiger partial charge >= 0.3 is 0 Å². The molecule has 1 fully saturated rings. The number of carbonyl (C=O) groups excluding carboxylic acids is 2. The van der Waals surface area contributed by atoms with E-state index in [-0.39, 0.29) is 11.7 Å². The summed E-state index contributed by atoms with van der Waals surface area (Å²) in [6, 6.07) is 3.71. The Morgan fingerprint density at radius 2 is 2.10 bits per heavy atom. The van der Waals surface area contributed by atoms with Crippen molar-refractivity contribution in [2.24, 2.45) is 0 Å². The van der Waals surface area contributed by atoms with Crippen molar-refractivity contribution in [2.75, 3.05) is 18.8 Å². The third-order valence-electron chi connectivity index (χ3n) is 3.14. The topological polar surface area (TPSA) is 49.4 Å². The summed E-state index contributed by atoms with van der Waals surface area (Å²) < 4.78 is 0.830. The Balaban J connectivity index is 1.80. The van der Waals surface area contributed by atoms with E-state index in [2.05, 4.69) is 10.2 Å². The zero-order valence-electron chi connectivity index (χ0n) is 11.9. The first-order valence-electron chi connectivity index (χ1n) is 6.84. The molecule has 2 rings (SSSR count). The smallest absolute Gasteiger partial charge is 0.217 e. The molecular weight excluding hydrogens is 324 g/mol. The second-order valence-corrected chi connectivity index (χ2v) is 7.63. The van der Waals surface area contributed by atoms with Crippen LogP contribution in [0, 0.1) is 0 Å². The Morgan fingerprint density at radius 1 is 1.38 bits per heavy atom. The van der Waals surface area contributed by atoms with Crippen LogP contribution >= 0.6 is 35.3 Å². The molecule has 0 unspecified atom stereocenters. The zero-order chi connectivity index (χ0) is 15.2. The van der Waals surface area contributed by atoms with Crippen LogP contribution in [0.15, 0.2) is 12.1 Å². The van der Waals surface area contributed by atoms with Crippen molar-refractivity contribution in [1.29, 1.82) is 0 Å². The third kappa shape index (κ3) is 5.09. The number of carbonyl (C=O) groups is 2. The van der Waals surface area contributed by atoms with Crippen LogP contribution in [-0.2, 0) is 11.3 Å². The normalized spacial score (nSPS) is 14.2. The maximum Gasteiger partial charge on any atom is 0.217 e. The highest BCUT2D eigenvalue weighted by molar-refractivity contribution is 8.23. The maximum atomic E-state index is 12.1. The first-order valence-corrected chi connectivity index (χ1v) is 9.05. The summed E-state index contributed by atoms with van der Waals surface area (Å²) in [4.78, 5) is 26.9. The molecule has 1 amide bonds. The van der Waals surface area contributed by atoms with Gasteiger partial charge in [-0.15, -0.1) is 11.3 Å². The van der Waals surface area contributed by atoms with Crippen molar-refractivity contribution in [3.8, 4) is 0 Å². The molecule has 0 aliphatic carbocycles. The van der Waals surface area contributed by atoms with E-state index in [0.29, 0.717) is 12.3 Å². The predicted molar refractivity (Wildman–Crippen MR) is 92.0 cm³/mol. The molecule has 21 heavy (non-hydrogen) atoms. The highest BCUT2D eigenvalue weighted by atomic mass is 32.2. The second-order valence-electron chi connectivity index (χ2n) is 4.85. The largest absolute Gasteiger partial charge is 0.358 e. The second kappa shape index (κ2) is 7.91. The summed E-state index contributed by atoms with van der Waals surface area (Å²) in [5.74, 6) is 0.415. The van der Waals surface area contributed by atoms with Crippen LogP contribution in [0.1, 0.15) is 34.3 Å². The van der Waals surface area contributed by atoms with Gasteiger partial charge in [0.2, 0.25) is 5.91 Å². The van der Waals surface area contributed by atoms with E-state index < -0.39 is 0 Å². The van der Waals surface area contributed by atoms with Crippen molar-refractivity contribution in [1.82, 2.24) is 10.2 Å². The molecule has 0 bridgehead atoms. The van der Waals surface area contributed by atoms with Gasteiger partial charge in [-0.25, -0.2) is 0 Å². The number of nitrogens with one attached hydrogen (secondary N) is 1. The van der Waals surface area contributed by atoms with Crippen molar-refractivity contribution in [3.05, 3.63) is 21.9 Å². The van der Waals surface area contributed by atoms with E-state index >= 15 is 0 Å². The summed E-state index contributed by atoms with van der Waals surface area (Å²) in [7, 11) is 0. The molecule has 0 aromatic carbocycles. The summed E-state index contributed by atoms with van der Waals surface area (Å²) >= 11 is 8.23. The first-order chi connectivity index (χ1) is 10.1. The molecule has 7 heteroatoms. The van der Waals surface area contributed by atoms with Gasteiger partial charge in [0.15, 0.2) is 5.78 Å². The lowest BCUT2D eigenvalue weighted by Crippen LogP contribution is -2.24. The molecule has 1 aromatic heterocycles. The van der Waals surface area contributed by atoms with Crippen LogP contribution in [-0.4, -0.2) is 39.8 Å². The molecule has 4 nitrogen and oxygen atoms in total. The molecule has 1 aliphatic rings. The molecule has 1 N–H and O–H groups in total. The monoisotopic (exact) mass is 342 g/mol. The summed E-state index contributed by atoms with van der Waals surface area (Å²) in [5.41, 5.74) is 0. The number of likely N-dealkylation sites (tertiary alicyclic amines) is 1. The SMILES string of the molecule is CC(=O)NCc1ccc(C(=O)CSC(=S)N2CCCC2)s1. The molecule has 2 heterocycles. The lowest BCUT2D eigenvalue weighted by Gasteiger charge is -2.16. The fourth-order valence-electron chi connectivity index (χ4n) is 2.02. The van der Waals surface area contributed by atoms with Gasteiger partial charge in [-0.05, 0) is 25.0 Å². The van der Waals surface area contributed by atoms with Gasteiger partial charge in [-0.1, -0.05) is 24.0 Å². The molecule has 0 atom stereocenters. The van der Waals surface area contributed by atoms with Gasteiger partial charge in [-0.2, -0.15) is 0 Å². The average molecular weight is 343 g/mol. The molecule has 0 spiro atoms. The van der Waals surface area contributed by atoms with E-state index in [9.17, 15) is 9.59 Å². The molecule has 114 valence electrons. The maximum absolute atomic E-state index is 12.1. The Kier molecular flexibility index (Phi) is 6.20. The third-order valence-corrected chi connectivity index (χ3v) is 5.79. The summed E-state index contributed by atoms with van der Waals surface area (Å²) in [5, 5.41) is 2.73. The lowest BCUT2D eigenvalue weighted by atomic mass is 10.3. The highest BCUT2D eigenvalue weighted by Gasteiger charge is 2.17. The number of thiophene rings is 1. The predicted octanol–water partition coefficient (Wildman–Crippen LogP) is 2.68. The standard InChI is InChI=1S/C14H18N2O2S3/c1-10(17)15-8-11-4-5-13(21-11)12(18)9-20-14(19)16-6-2-3-7-16/h4-5H,2-3,6-9H2,1H3,(H,15,17). The fraction of sp³-hybridized carbons (Fsp3) is 0.500. The highest BCUT2D eigenvalue weighted by Crippen LogP contribution is 2.21. The zero-order valence-corrected chi connectivity index (χ0v) is 14.3. The number of hydrogen-bond acceptors (Lipinski definition) is 5. The van der Waals surface area contributed by atoms with E-state index in [0.717, 1.165) is 27.2 Å². The van der Waals surface area contributed by atoms with Crippen LogP contribution < -0.4 is 5.32 Å². The quantitative estimate of drug-likeness (QED) is 0.658. The minimum absolute atomic E-state index is 0.0669. The number of ketones is 1. The van der Waals surface area contributed by atoms with Gasteiger partial charge in [0.05, 0.1) is 17.2 Å². The van der Waals surface area contributed by atoms with Crippen LogP contribution in [0.2, 0.25) is 0 Å². The number of thioether (sulfide) groups is 1. The lowest BCUT2D eigenvalue weighted by molar-refractivity contribution is -0.119. The van der Waals surface area contributed by atoms with Crippen LogP contribution in [0.5, 0.6) is 0 Å². The van der Waals surface area contributed by atoms with Crippen LogP contribution in [0.25, 0.3) is 0 Å². The van der Waals surface area contributed by atoms with E-state index in [1.807, 2.05) is 12.1 Å². The minimum atomic E-state index is -0.0669. The number of Topliss-reactive ketones (excluding diaryl/α,β-unsaturated/α-hetero) is 1. The van der Waals surface area contributed by atoms with E-state index in [4.69, 9.17) is 12.2 Å². The number of rotatable bonds is 5. The molecule has 1 aliphatic heterocycles. The fourth-order valence-corrected chi connectivity index (χ4v) is 4.13. The number of thiocarbonyl (C=S) groups is 1. The van der Waals surface area contributed by atoms with Gasteiger partial charge in [0.1, 0.15) is 4.32 Å². The van der Waals surface area contributed by atoms with Crippen LogP contribution in [0.3, 0.4) is 0 Å². The summed E-state index contributed by atoms with van der Waals surface area (Å²) in [6.45, 7) is 3.99. The molecule has 1 aromatic rings. The van der Waals surface area contributed by atoms with Crippen molar-refractivity contribution >= 4 is 51.3 Å². The number of amides is 1. The summed E-state index contributed by atoms with van der Waals surface area (Å²) in [6.07, 6.45) is 2.37. The van der Waals surface area contributed by atoms with E-state index in [1.54, 1.807) is 0 Å². The van der Waals surface area contributed by atoms with Gasteiger partial charge < -0.3 is 10.2 Å². The Morgan fingerprint density at radius 3 is 2.76 bits per heavy atom. The molecule has 0 saturated carbocycles. The molecule has 0 radical (unpaired) electrons. The molecule has 1 saturated heterocycles. The Bertz CT molecular complexity index is 536. The minimum Gasteiger partial charge on any atom is -0.358 e. The average Bonchev–Trinajstić information content (AvgIpc) is 3.12. The number of nitrogens with zero attached hydrogens (tertiary/aromatic N) is 1. The van der Waals surface area contributed by atoms with Gasteiger partial charge in [0.25, 0.3) is 0 Å². The number of hydrogen-bond donors (Lipinski definition) is 1.